The third kappa shape index (κ3) is 5.32. The number of benzene rings is 2. The summed E-state index contributed by atoms with van der Waals surface area (Å²) in [5.74, 6) is 0.897. The number of anilines is 1. The molecule has 3 heterocycles. The molecule has 35 heavy (non-hydrogen) atoms. The van der Waals surface area contributed by atoms with Gasteiger partial charge in [0.25, 0.3) is 5.91 Å². The lowest BCUT2D eigenvalue weighted by atomic mass is 9.95. The Hall–Kier alpha value is -3.00. The minimum atomic E-state index is -0.611. The molecule has 1 aromatic heterocycles. The molecular formula is C28H34N4O3. The number of aryl methyl sites for hydroxylation is 1. The first-order chi connectivity index (χ1) is 17.0. The van der Waals surface area contributed by atoms with Crippen LogP contribution in [0, 0.1) is 0 Å². The Morgan fingerprint density at radius 2 is 1.86 bits per heavy atom. The zero-order valence-corrected chi connectivity index (χ0v) is 20.5. The fourth-order valence-corrected chi connectivity index (χ4v) is 5.14. The Bertz CT molecular complexity index is 1210. The SMILES string of the molecule is CCc1cnc2cccc(C(C)CN3CCN(CC(O)c4ccc5c(c4)NC(=O)CO5)CC3)c2c1. The lowest BCUT2D eigenvalue weighted by molar-refractivity contribution is -0.118. The number of pyridine rings is 1. The van der Waals surface area contributed by atoms with Gasteiger partial charge in [-0.1, -0.05) is 32.0 Å². The molecule has 2 aliphatic rings. The van der Waals surface area contributed by atoms with Gasteiger partial charge in [-0.05, 0) is 53.3 Å². The van der Waals surface area contributed by atoms with Crippen LogP contribution in [0.5, 0.6) is 5.75 Å². The predicted molar refractivity (Wildman–Crippen MR) is 138 cm³/mol. The Morgan fingerprint density at radius 1 is 1.09 bits per heavy atom. The summed E-state index contributed by atoms with van der Waals surface area (Å²) in [6.45, 7) is 9.91. The molecule has 7 nitrogen and oxygen atoms in total. The van der Waals surface area contributed by atoms with Crippen LogP contribution >= 0.6 is 0 Å². The van der Waals surface area contributed by atoms with E-state index >= 15 is 0 Å². The van der Waals surface area contributed by atoms with E-state index in [4.69, 9.17) is 4.74 Å². The van der Waals surface area contributed by atoms with Gasteiger partial charge in [0.1, 0.15) is 5.75 Å². The van der Waals surface area contributed by atoms with Gasteiger partial charge in [0.2, 0.25) is 0 Å². The van der Waals surface area contributed by atoms with Gasteiger partial charge in [0.05, 0.1) is 17.3 Å². The highest BCUT2D eigenvalue weighted by molar-refractivity contribution is 5.95. The van der Waals surface area contributed by atoms with E-state index in [0.29, 0.717) is 23.9 Å². The first-order valence-electron chi connectivity index (χ1n) is 12.6. The molecule has 1 saturated heterocycles. The molecule has 184 valence electrons. The highest BCUT2D eigenvalue weighted by atomic mass is 16.5. The van der Waals surface area contributed by atoms with Gasteiger partial charge in [0.15, 0.2) is 6.61 Å². The second-order valence-electron chi connectivity index (χ2n) is 9.72. The molecule has 0 spiro atoms. The number of amides is 1. The summed E-state index contributed by atoms with van der Waals surface area (Å²) in [5.41, 5.74) is 5.14. The number of carbonyl (C=O) groups excluding carboxylic acids is 1. The van der Waals surface area contributed by atoms with Gasteiger partial charge in [-0.25, -0.2) is 0 Å². The van der Waals surface area contributed by atoms with Gasteiger partial charge in [-0.2, -0.15) is 0 Å². The van der Waals surface area contributed by atoms with E-state index in [2.05, 4.69) is 58.2 Å². The topological polar surface area (TPSA) is 77.9 Å². The Morgan fingerprint density at radius 3 is 2.63 bits per heavy atom. The first-order valence-corrected chi connectivity index (χ1v) is 12.6. The maximum atomic E-state index is 11.6. The van der Waals surface area contributed by atoms with Crippen molar-refractivity contribution in [3.63, 3.8) is 0 Å². The molecule has 0 radical (unpaired) electrons. The van der Waals surface area contributed by atoms with Gasteiger partial charge >= 0.3 is 0 Å². The molecule has 2 aromatic carbocycles. The van der Waals surface area contributed by atoms with Gasteiger partial charge in [-0.15, -0.1) is 0 Å². The molecule has 7 heteroatoms. The number of nitrogens with one attached hydrogen (secondary N) is 1. The van der Waals surface area contributed by atoms with Crippen molar-refractivity contribution in [2.24, 2.45) is 0 Å². The normalized spacial score (nSPS) is 18.5. The van der Waals surface area contributed by atoms with Crippen molar-refractivity contribution >= 4 is 22.5 Å². The maximum absolute atomic E-state index is 11.6. The summed E-state index contributed by atoms with van der Waals surface area (Å²) < 4.78 is 5.42. The van der Waals surface area contributed by atoms with Crippen LogP contribution in [0.25, 0.3) is 10.9 Å². The summed E-state index contributed by atoms with van der Waals surface area (Å²) in [7, 11) is 0. The number of hydrogen-bond acceptors (Lipinski definition) is 6. The van der Waals surface area contributed by atoms with E-state index in [1.807, 2.05) is 24.4 Å². The molecule has 1 amide bonds. The number of piperazine rings is 1. The molecule has 5 rings (SSSR count). The van der Waals surface area contributed by atoms with Gasteiger partial charge in [-0.3, -0.25) is 14.7 Å². The number of aliphatic hydroxyl groups is 1. The van der Waals surface area contributed by atoms with Crippen LogP contribution in [0.15, 0.2) is 48.7 Å². The fourth-order valence-electron chi connectivity index (χ4n) is 5.14. The Labute approximate surface area is 206 Å². The first kappa shape index (κ1) is 23.7. The highest BCUT2D eigenvalue weighted by Crippen LogP contribution is 2.31. The molecular weight excluding hydrogens is 440 g/mol. The lowest BCUT2D eigenvalue weighted by Crippen LogP contribution is -2.48. The zero-order chi connectivity index (χ0) is 24.4. The predicted octanol–water partition coefficient (Wildman–Crippen LogP) is 3.58. The maximum Gasteiger partial charge on any atom is 0.262 e. The fraction of sp³-hybridized carbons (Fsp3) is 0.429. The average Bonchev–Trinajstić information content (AvgIpc) is 2.88. The standard InChI is InChI=1S/C28H34N4O3/c1-3-20-13-23-22(5-4-6-24(23)29-15-20)19(2)16-31-9-11-32(12-10-31)17-26(33)21-7-8-27-25(14-21)30-28(34)18-35-27/h4-8,13-15,19,26,33H,3,9-12,16-18H2,1-2H3,(H,30,34). The number of β-amino-alcohol motifs (C(OH)–C–C–N with tert-alkyl or cyclic N) is 1. The van der Waals surface area contributed by atoms with Crippen molar-refractivity contribution in [1.29, 1.82) is 0 Å². The number of aliphatic hydroxyl groups excluding tert-OH is 1. The third-order valence-corrected chi connectivity index (χ3v) is 7.20. The smallest absolute Gasteiger partial charge is 0.262 e. The van der Waals surface area contributed by atoms with E-state index in [1.165, 1.54) is 16.5 Å². The number of carbonyl (C=O) groups is 1. The molecule has 2 aliphatic heterocycles. The van der Waals surface area contributed by atoms with Crippen molar-refractivity contribution in [3.8, 4) is 5.75 Å². The van der Waals surface area contributed by atoms with Crippen LogP contribution in [-0.4, -0.2) is 71.7 Å². The number of ether oxygens (including phenoxy) is 1. The molecule has 1 fully saturated rings. The lowest BCUT2D eigenvalue weighted by Gasteiger charge is -2.37. The molecule has 2 atom stereocenters. The number of aromatic nitrogens is 1. The summed E-state index contributed by atoms with van der Waals surface area (Å²) in [6, 6.07) is 14.3. The monoisotopic (exact) mass is 474 g/mol. The van der Waals surface area contributed by atoms with Crippen LogP contribution in [0.2, 0.25) is 0 Å². The van der Waals surface area contributed by atoms with Gasteiger partial charge < -0.3 is 20.1 Å². The number of nitrogens with zero attached hydrogens (tertiary/aromatic N) is 3. The van der Waals surface area contributed by atoms with Crippen LogP contribution in [0.4, 0.5) is 5.69 Å². The van der Waals surface area contributed by atoms with Gasteiger partial charge in [0, 0.05) is 50.9 Å². The molecule has 0 aliphatic carbocycles. The highest BCUT2D eigenvalue weighted by Gasteiger charge is 2.23. The van der Waals surface area contributed by atoms with E-state index in [9.17, 15) is 9.90 Å². The molecule has 0 bridgehead atoms. The van der Waals surface area contributed by atoms with Crippen LogP contribution < -0.4 is 10.1 Å². The molecule has 0 saturated carbocycles. The van der Waals surface area contributed by atoms with E-state index in [0.717, 1.165) is 50.2 Å². The minimum absolute atomic E-state index is 0.0367. The summed E-state index contributed by atoms with van der Waals surface area (Å²) >= 11 is 0. The van der Waals surface area contributed by atoms with E-state index in [1.54, 1.807) is 0 Å². The van der Waals surface area contributed by atoms with Crippen LogP contribution in [0.3, 0.4) is 0 Å². The van der Waals surface area contributed by atoms with Crippen molar-refractivity contribution in [1.82, 2.24) is 14.8 Å². The van der Waals surface area contributed by atoms with Crippen LogP contribution in [0.1, 0.15) is 42.6 Å². The van der Waals surface area contributed by atoms with E-state index < -0.39 is 6.10 Å². The zero-order valence-electron chi connectivity index (χ0n) is 20.5. The van der Waals surface area contributed by atoms with Crippen molar-refractivity contribution in [2.45, 2.75) is 32.3 Å². The summed E-state index contributed by atoms with van der Waals surface area (Å²) in [5, 5.41) is 14.9. The average molecular weight is 475 g/mol. The largest absolute Gasteiger partial charge is 0.482 e. The molecule has 2 unspecified atom stereocenters. The van der Waals surface area contributed by atoms with Crippen molar-refractivity contribution < 1.29 is 14.6 Å². The van der Waals surface area contributed by atoms with Crippen molar-refractivity contribution in [2.75, 3.05) is 51.2 Å². The third-order valence-electron chi connectivity index (χ3n) is 7.20. The number of rotatable bonds is 7. The second-order valence-corrected chi connectivity index (χ2v) is 9.72. The Kier molecular flexibility index (Phi) is 7.00. The number of fused-ring (bicyclic) bond motifs is 2. The minimum Gasteiger partial charge on any atom is -0.482 e. The number of hydrogen-bond donors (Lipinski definition) is 2. The quantitative estimate of drug-likeness (QED) is 0.545. The van der Waals surface area contributed by atoms with E-state index in [-0.39, 0.29) is 12.5 Å². The second kappa shape index (κ2) is 10.3. The Balaban J connectivity index is 1.16. The summed E-state index contributed by atoms with van der Waals surface area (Å²) in [4.78, 5) is 21.1. The summed E-state index contributed by atoms with van der Waals surface area (Å²) in [6.07, 6.45) is 2.37. The van der Waals surface area contributed by atoms with Crippen LogP contribution in [-0.2, 0) is 11.2 Å². The molecule has 2 N–H and O–H groups in total. The van der Waals surface area contributed by atoms with Crippen molar-refractivity contribution in [3.05, 3.63) is 65.4 Å². The molecule has 3 aromatic rings.